The van der Waals surface area contributed by atoms with Crippen LogP contribution in [0.1, 0.15) is 21.5 Å². The topological polar surface area (TPSA) is 227 Å². The van der Waals surface area contributed by atoms with Gasteiger partial charge in [0.05, 0.1) is 26.7 Å². The van der Waals surface area contributed by atoms with Gasteiger partial charge in [0.15, 0.2) is 0 Å². The van der Waals surface area contributed by atoms with Gasteiger partial charge in [-0.1, -0.05) is 24.3 Å². The Hall–Kier alpha value is -5.58. The van der Waals surface area contributed by atoms with E-state index in [4.69, 9.17) is 17.5 Å². The highest BCUT2D eigenvalue weighted by Crippen LogP contribution is 2.19. The molecule has 0 saturated heterocycles. The molecule has 0 aliphatic carbocycles. The predicted molar refractivity (Wildman–Crippen MR) is 153 cm³/mol. The first-order valence-electron chi connectivity index (χ1n) is 11.2. The molecule has 0 atom stereocenters. The maximum absolute atomic E-state index is 12.2. The molecule has 0 bridgehead atoms. The molecule has 41 heavy (non-hydrogen) atoms. The van der Waals surface area contributed by atoms with Gasteiger partial charge in [-0.15, -0.1) is 0 Å². The summed E-state index contributed by atoms with van der Waals surface area (Å²) in [5.41, 5.74) is 7.00. The molecule has 1 amide bonds. The van der Waals surface area contributed by atoms with Gasteiger partial charge in [-0.25, -0.2) is 5.43 Å². The van der Waals surface area contributed by atoms with Crippen molar-refractivity contribution in [2.45, 2.75) is 0 Å². The van der Waals surface area contributed by atoms with Gasteiger partial charge in [-0.3, -0.25) is 39.6 Å². The molecule has 212 valence electrons. The van der Waals surface area contributed by atoms with Crippen LogP contribution in [0.2, 0.25) is 0 Å². The second-order valence-electron chi connectivity index (χ2n) is 7.48. The largest absolute Gasteiger partial charge is 0.394 e. The summed E-state index contributed by atoms with van der Waals surface area (Å²) in [5, 5.41) is 29.8. The van der Waals surface area contributed by atoms with Gasteiger partial charge >= 0.3 is 10.4 Å². The minimum atomic E-state index is -4.67. The summed E-state index contributed by atoms with van der Waals surface area (Å²) in [6.07, 6.45) is 8.91. The van der Waals surface area contributed by atoms with E-state index < -0.39 is 26.2 Å². The minimum absolute atomic E-state index is 0.00417. The molecule has 15 nitrogen and oxygen atoms in total. The van der Waals surface area contributed by atoms with Crippen molar-refractivity contribution in [1.82, 2.24) is 5.43 Å². The number of rotatable bonds is 10. The van der Waals surface area contributed by atoms with Gasteiger partial charge < -0.3 is 0 Å². The molecule has 0 aliphatic heterocycles. The maximum atomic E-state index is 12.2. The number of para-hydroxylation sites is 2. The number of benzene rings is 3. The lowest BCUT2D eigenvalue weighted by Gasteiger charge is -2.02. The summed E-state index contributed by atoms with van der Waals surface area (Å²) in [5.74, 6) is -0.437. The summed E-state index contributed by atoms with van der Waals surface area (Å²) < 4.78 is 31.6. The lowest BCUT2D eigenvalue weighted by molar-refractivity contribution is -0.385. The monoisotopic (exact) mass is 582 g/mol. The Balaban J connectivity index is 0.00000108. The van der Waals surface area contributed by atoms with Gasteiger partial charge in [0.25, 0.3) is 17.3 Å². The molecule has 0 spiro atoms. The van der Waals surface area contributed by atoms with Crippen LogP contribution in [0.5, 0.6) is 0 Å². The number of hydrazone groups is 2. The molecule has 16 heteroatoms. The maximum Gasteiger partial charge on any atom is 0.394 e. The van der Waals surface area contributed by atoms with Gasteiger partial charge in [0, 0.05) is 30.1 Å². The van der Waals surface area contributed by atoms with Crippen molar-refractivity contribution in [2.75, 3.05) is 5.43 Å². The number of hydrogen-bond donors (Lipinski definition) is 4. The summed E-state index contributed by atoms with van der Waals surface area (Å²) in [6, 6.07) is 19.1. The lowest BCUT2D eigenvalue weighted by Crippen LogP contribution is -2.17. The third kappa shape index (κ3) is 12.2. The van der Waals surface area contributed by atoms with Crippen molar-refractivity contribution in [3.63, 3.8) is 0 Å². The number of hydrogen-bond acceptors (Lipinski definition) is 10. The zero-order chi connectivity index (χ0) is 30.3. The molecule has 0 aliphatic rings. The highest BCUT2D eigenvalue weighted by Gasteiger charge is 2.09. The fourth-order valence-corrected chi connectivity index (χ4v) is 2.94. The predicted octanol–water partition coefficient (Wildman–Crippen LogP) is 4.39. The number of amides is 1. The van der Waals surface area contributed by atoms with Crippen molar-refractivity contribution in [2.24, 2.45) is 10.2 Å². The van der Waals surface area contributed by atoms with E-state index in [9.17, 15) is 25.0 Å². The SMILES string of the molecule is O=C(NN=CC=Cc1ccccc1[N+](=O)[O-])c1ccc(NN=CC=Cc2ccccc2[N+](=O)[O-])cc1.O=S(=O)(O)O. The number of nitrogens with one attached hydrogen (secondary N) is 2. The first-order valence-corrected chi connectivity index (χ1v) is 12.6. The highest BCUT2D eigenvalue weighted by atomic mass is 32.3. The van der Waals surface area contributed by atoms with Crippen LogP contribution in [0, 0.1) is 20.2 Å². The third-order valence-electron chi connectivity index (χ3n) is 4.65. The number of anilines is 1. The number of nitro benzene ring substituents is 2. The van der Waals surface area contributed by atoms with Crippen molar-refractivity contribution >= 4 is 57.9 Å². The number of nitro groups is 2. The summed E-state index contributed by atoms with van der Waals surface area (Å²) in [7, 11) is -4.67. The van der Waals surface area contributed by atoms with Gasteiger partial charge in [-0.2, -0.15) is 18.6 Å². The highest BCUT2D eigenvalue weighted by molar-refractivity contribution is 7.79. The molecule has 0 fully saturated rings. The molecule has 3 aromatic carbocycles. The zero-order valence-electron chi connectivity index (χ0n) is 20.8. The molecule has 3 rings (SSSR count). The molecule has 0 heterocycles. The normalized spacial score (nSPS) is 11.5. The van der Waals surface area contributed by atoms with E-state index in [-0.39, 0.29) is 11.4 Å². The van der Waals surface area contributed by atoms with Crippen LogP contribution < -0.4 is 10.9 Å². The van der Waals surface area contributed by atoms with Crippen LogP contribution in [-0.2, 0) is 10.4 Å². The minimum Gasteiger partial charge on any atom is -0.279 e. The van der Waals surface area contributed by atoms with Crippen LogP contribution >= 0.6 is 0 Å². The Kier molecular flexibility index (Phi) is 12.1. The Morgan fingerprint density at radius 3 is 1.66 bits per heavy atom. The average Bonchev–Trinajstić information content (AvgIpc) is 2.92. The van der Waals surface area contributed by atoms with Gasteiger partial charge in [0.2, 0.25) is 0 Å². The number of carbonyl (C=O) groups is 1. The van der Waals surface area contributed by atoms with E-state index in [1.54, 1.807) is 72.8 Å². The Labute approximate surface area is 233 Å². The molecular weight excluding hydrogens is 560 g/mol. The van der Waals surface area contributed by atoms with E-state index in [0.29, 0.717) is 22.4 Å². The van der Waals surface area contributed by atoms with E-state index in [1.807, 2.05) is 0 Å². The van der Waals surface area contributed by atoms with Crippen molar-refractivity contribution in [3.8, 4) is 0 Å². The lowest BCUT2D eigenvalue weighted by atomic mass is 10.1. The number of nitrogens with zero attached hydrogens (tertiary/aromatic N) is 4. The van der Waals surface area contributed by atoms with Crippen LogP contribution in [0.15, 0.2) is 95.2 Å². The second-order valence-corrected chi connectivity index (χ2v) is 8.38. The third-order valence-corrected chi connectivity index (χ3v) is 4.65. The van der Waals surface area contributed by atoms with Crippen molar-refractivity contribution < 1.29 is 32.2 Å². The van der Waals surface area contributed by atoms with E-state index in [0.717, 1.165) is 0 Å². The Bertz CT molecular complexity index is 1590. The number of allylic oxidation sites excluding steroid dienone is 2. The summed E-state index contributed by atoms with van der Waals surface area (Å²) in [4.78, 5) is 33.3. The van der Waals surface area contributed by atoms with E-state index in [1.165, 1.54) is 36.7 Å². The van der Waals surface area contributed by atoms with Gasteiger partial charge in [-0.05, 0) is 60.7 Å². The molecule has 0 radical (unpaired) electrons. The summed E-state index contributed by atoms with van der Waals surface area (Å²) >= 11 is 0. The number of carbonyl (C=O) groups excluding carboxylic acids is 1. The van der Waals surface area contributed by atoms with E-state index in [2.05, 4.69) is 21.1 Å². The molecule has 0 aromatic heterocycles. The van der Waals surface area contributed by atoms with Gasteiger partial charge in [0.1, 0.15) is 0 Å². The second kappa shape index (κ2) is 15.7. The Morgan fingerprint density at radius 1 is 0.756 bits per heavy atom. The molecule has 4 N–H and O–H groups in total. The van der Waals surface area contributed by atoms with Crippen LogP contribution in [0.3, 0.4) is 0 Å². The fraction of sp³-hybridized carbons (Fsp3) is 0. The van der Waals surface area contributed by atoms with Crippen LogP contribution in [-0.4, -0.2) is 45.7 Å². The van der Waals surface area contributed by atoms with Crippen LogP contribution in [0.4, 0.5) is 17.1 Å². The molecular formula is C25H22N6O9S. The Morgan fingerprint density at radius 2 is 1.20 bits per heavy atom. The summed E-state index contributed by atoms with van der Waals surface area (Å²) in [6.45, 7) is 0. The van der Waals surface area contributed by atoms with Crippen molar-refractivity contribution in [3.05, 3.63) is 122 Å². The van der Waals surface area contributed by atoms with Crippen LogP contribution in [0.25, 0.3) is 12.2 Å². The van der Waals surface area contributed by atoms with E-state index >= 15 is 0 Å². The quantitative estimate of drug-likeness (QED) is 0.114. The standard InChI is InChI=1S/C25H20N6O5.H2O4S/c32-25(29-27-18-6-10-20-8-2-4-12-24(20)31(35)36)21-13-15-22(16-14-21)28-26-17-5-9-19-7-1-3-11-23(19)30(33)34;1-5(2,3)4/h1-18,28H,(H,29,32);(H2,1,2,3,4). The first-order chi connectivity index (χ1) is 19.5. The first kappa shape index (κ1) is 31.6. The molecule has 0 unspecified atom stereocenters. The molecule has 3 aromatic rings. The zero-order valence-corrected chi connectivity index (χ0v) is 21.7. The molecule has 0 saturated carbocycles. The smallest absolute Gasteiger partial charge is 0.279 e. The van der Waals surface area contributed by atoms with Crippen molar-refractivity contribution in [1.29, 1.82) is 0 Å². The fourth-order valence-electron chi connectivity index (χ4n) is 2.94. The average molecular weight is 583 g/mol.